The maximum Gasteiger partial charge on any atom is 0.0551 e. The van der Waals surface area contributed by atoms with Gasteiger partial charge in [-0.15, -0.1) is 0 Å². The summed E-state index contributed by atoms with van der Waals surface area (Å²) in [5.74, 6) is 0. The van der Waals surface area contributed by atoms with E-state index in [0.29, 0.717) is 12.6 Å². The summed E-state index contributed by atoms with van der Waals surface area (Å²) in [4.78, 5) is 2.54. The van der Waals surface area contributed by atoms with Crippen molar-refractivity contribution in [3.63, 3.8) is 0 Å². The van der Waals surface area contributed by atoms with Crippen LogP contribution in [0.15, 0.2) is 22.7 Å². The first-order valence-electron chi connectivity index (χ1n) is 6.58. The highest BCUT2D eigenvalue weighted by molar-refractivity contribution is 9.10. The van der Waals surface area contributed by atoms with Crippen molar-refractivity contribution in [1.82, 2.24) is 4.90 Å². The van der Waals surface area contributed by atoms with Gasteiger partial charge in [0.2, 0.25) is 0 Å². The van der Waals surface area contributed by atoms with Crippen molar-refractivity contribution in [2.75, 3.05) is 13.1 Å². The molecule has 1 aliphatic carbocycles. The van der Waals surface area contributed by atoms with Crippen LogP contribution in [0.3, 0.4) is 0 Å². The molecule has 0 bridgehead atoms. The number of halogens is 2. The van der Waals surface area contributed by atoms with Gasteiger partial charge in [0, 0.05) is 23.1 Å². The van der Waals surface area contributed by atoms with Crippen LogP contribution in [0.1, 0.15) is 37.8 Å². The van der Waals surface area contributed by atoms with Crippen molar-refractivity contribution in [2.24, 2.45) is 5.73 Å². The molecule has 2 nitrogen and oxygen atoms in total. The highest BCUT2D eigenvalue weighted by Crippen LogP contribution is 2.35. The summed E-state index contributed by atoms with van der Waals surface area (Å²) in [6, 6.07) is 7.19. The molecule has 0 aromatic heterocycles. The molecule has 1 aromatic carbocycles. The molecular weight excluding hydrogens is 312 g/mol. The smallest absolute Gasteiger partial charge is 0.0551 e. The van der Waals surface area contributed by atoms with E-state index in [-0.39, 0.29) is 0 Å². The molecular formula is C14H20BrClN2. The number of rotatable bonds is 6. The van der Waals surface area contributed by atoms with Crippen LogP contribution >= 0.6 is 27.5 Å². The van der Waals surface area contributed by atoms with E-state index in [1.807, 2.05) is 12.1 Å². The quantitative estimate of drug-likeness (QED) is 0.854. The molecule has 2 rings (SSSR count). The second kappa shape index (κ2) is 6.38. The molecule has 1 aromatic rings. The normalized spacial score (nSPS) is 17.2. The van der Waals surface area contributed by atoms with Gasteiger partial charge in [0.25, 0.3) is 0 Å². The van der Waals surface area contributed by atoms with E-state index < -0.39 is 0 Å². The molecule has 0 spiro atoms. The molecule has 1 fully saturated rings. The Morgan fingerprint density at radius 3 is 2.72 bits per heavy atom. The lowest BCUT2D eigenvalue weighted by molar-refractivity contribution is 0.191. The molecule has 1 atom stereocenters. The largest absolute Gasteiger partial charge is 0.329 e. The molecule has 100 valence electrons. The Kier molecular flexibility index (Phi) is 5.07. The third kappa shape index (κ3) is 3.27. The van der Waals surface area contributed by atoms with E-state index in [1.165, 1.54) is 18.4 Å². The van der Waals surface area contributed by atoms with E-state index in [0.717, 1.165) is 28.5 Å². The van der Waals surface area contributed by atoms with Gasteiger partial charge in [-0.2, -0.15) is 0 Å². The first-order chi connectivity index (χ1) is 8.67. The molecule has 0 radical (unpaired) electrons. The van der Waals surface area contributed by atoms with Gasteiger partial charge < -0.3 is 5.73 Å². The zero-order valence-corrected chi connectivity index (χ0v) is 13.0. The number of hydrogen-bond acceptors (Lipinski definition) is 2. The van der Waals surface area contributed by atoms with Gasteiger partial charge in [0.1, 0.15) is 0 Å². The van der Waals surface area contributed by atoms with Crippen LogP contribution in [0.25, 0.3) is 0 Å². The monoisotopic (exact) mass is 330 g/mol. The van der Waals surface area contributed by atoms with Crippen molar-refractivity contribution in [3.8, 4) is 0 Å². The van der Waals surface area contributed by atoms with Gasteiger partial charge in [-0.3, -0.25) is 4.90 Å². The third-order valence-electron chi connectivity index (χ3n) is 3.45. The summed E-state index contributed by atoms with van der Waals surface area (Å²) in [6.45, 7) is 3.98. The first kappa shape index (κ1) is 14.3. The predicted molar refractivity (Wildman–Crippen MR) is 81.0 cm³/mol. The zero-order valence-electron chi connectivity index (χ0n) is 10.7. The number of hydrogen-bond donors (Lipinski definition) is 1. The van der Waals surface area contributed by atoms with Crippen molar-refractivity contribution >= 4 is 27.5 Å². The topological polar surface area (TPSA) is 29.3 Å². The van der Waals surface area contributed by atoms with Gasteiger partial charge in [-0.25, -0.2) is 0 Å². The minimum atomic E-state index is 0.294. The SMILES string of the molecule is CCCN(C1CC1)C(CN)c1ccc(Br)c(Cl)c1. The van der Waals surface area contributed by atoms with Crippen molar-refractivity contribution in [2.45, 2.75) is 38.3 Å². The lowest BCUT2D eigenvalue weighted by atomic mass is 10.0. The predicted octanol–water partition coefficient (Wildman–Crippen LogP) is 3.98. The molecule has 0 heterocycles. The van der Waals surface area contributed by atoms with Crippen molar-refractivity contribution in [1.29, 1.82) is 0 Å². The standard InChI is InChI=1S/C14H20BrClN2/c1-2-7-18(11-4-5-11)14(9-17)10-3-6-12(15)13(16)8-10/h3,6,8,11,14H,2,4-5,7,9,17H2,1H3. The van der Waals surface area contributed by atoms with Crippen LogP contribution in [0.5, 0.6) is 0 Å². The Morgan fingerprint density at radius 1 is 1.50 bits per heavy atom. The number of nitrogens with zero attached hydrogens (tertiary/aromatic N) is 1. The number of benzene rings is 1. The van der Waals surface area contributed by atoms with Gasteiger partial charge in [-0.1, -0.05) is 24.6 Å². The average molecular weight is 332 g/mol. The molecule has 1 aliphatic rings. The Bertz CT molecular complexity index is 407. The van der Waals surface area contributed by atoms with E-state index in [1.54, 1.807) is 0 Å². The van der Waals surface area contributed by atoms with Gasteiger partial charge in [0.15, 0.2) is 0 Å². The molecule has 0 aliphatic heterocycles. The van der Waals surface area contributed by atoms with Gasteiger partial charge >= 0.3 is 0 Å². The minimum Gasteiger partial charge on any atom is -0.329 e. The van der Waals surface area contributed by atoms with E-state index in [9.17, 15) is 0 Å². The highest BCUT2D eigenvalue weighted by Gasteiger charge is 2.33. The summed E-state index contributed by atoms with van der Waals surface area (Å²) < 4.78 is 0.942. The molecule has 18 heavy (non-hydrogen) atoms. The molecule has 1 unspecified atom stereocenters. The lowest BCUT2D eigenvalue weighted by Crippen LogP contribution is -2.36. The number of nitrogens with two attached hydrogens (primary N) is 1. The summed E-state index contributed by atoms with van der Waals surface area (Å²) in [7, 11) is 0. The van der Waals surface area contributed by atoms with E-state index >= 15 is 0 Å². The highest BCUT2D eigenvalue weighted by atomic mass is 79.9. The van der Waals surface area contributed by atoms with E-state index in [2.05, 4.69) is 33.8 Å². The second-order valence-electron chi connectivity index (χ2n) is 4.89. The lowest BCUT2D eigenvalue weighted by Gasteiger charge is -2.31. The summed E-state index contributed by atoms with van der Waals surface area (Å²) >= 11 is 9.62. The second-order valence-corrected chi connectivity index (χ2v) is 6.16. The van der Waals surface area contributed by atoms with Crippen LogP contribution in [-0.4, -0.2) is 24.0 Å². The first-order valence-corrected chi connectivity index (χ1v) is 7.75. The third-order valence-corrected chi connectivity index (χ3v) is 4.68. The van der Waals surface area contributed by atoms with Crippen LogP contribution in [0.4, 0.5) is 0 Å². The fraction of sp³-hybridized carbons (Fsp3) is 0.571. The molecule has 0 amide bonds. The minimum absolute atomic E-state index is 0.294. The molecule has 1 saturated carbocycles. The zero-order chi connectivity index (χ0) is 13.1. The van der Waals surface area contributed by atoms with Crippen LogP contribution in [-0.2, 0) is 0 Å². The van der Waals surface area contributed by atoms with Gasteiger partial charge in [0.05, 0.1) is 5.02 Å². The van der Waals surface area contributed by atoms with Gasteiger partial charge in [-0.05, 0) is 59.4 Å². The molecule has 0 saturated heterocycles. The Morgan fingerprint density at radius 2 is 2.22 bits per heavy atom. The van der Waals surface area contributed by atoms with E-state index in [4.69, 9.17) is 17.3 Å². The molecule has 2 N–H and O–H groups in total. The van der Waals surface area contributed by atoms with Crippen LogP contribution in [0, 0.1) is 0 Å². The summed E-state index contributed by atoms with van der Waals surface area (Å²) in [5, 5.41) is 0.762. The Balaban J connectivity index is 2.22. The maximum absolute atomic E-state index is 6.19. The molecule has 4 heteroatoms. The van der Waals surface area contributed by atoms with Crippen molar-refractivity contribution < 1.29 is 0 Å². The van der Waals surface area contributed by atoms with Crippen molar-refractivity contribution in [3.05, 3.63) is 33.3 Å². The summed E-state index contributed by atoms with van der Waals surface area (Å²) in [6.07, 6.45) is 3.78. The Labute approximate surface area is 123 Å². The fourth-order valence-electron chi connectivity index (χ4n) is 2.44. The Hall–Kier alpha value is -0.0900. The van der Waals surface area contributed by atoms with Crippen LogP contribution in [0.2, 0.25) is 5.02 Å². The average Bonchev–Trinajstić information content (AvgIpc) is 3.17. The fourth-order valence-corrected chi connectivity index (χ4v) is 2.88. The maximum atomic E-state index is 6.19. The summed E-state index contributed by atoms with van der Waals surface area (Å²) in [5.41, 5.74) is 7.22. The van der Waals surface area contributed by atoms with Crippen LogP contribution < -0.4 is 5.73 Å².